The van der Waals surface area contributed by atoms with E-state index < -0.39 is 41.7 Å². The second kappa shape index (κ2) is 7.54. The summed E-state index contributed by atoms with van der Waals surface area (Å²) < 4.78 is 91.5. The molecule has 0 heterocycles. The average molecular weight is 457 g/mol. The first-order chi connectivity index (χ1) is 12.7. The van der Waals surface area contributed by atoms with Gasteiger partial charge in [0.15, 0.2) is 0 Å². The molecule has 0 radical (unpaired) electrons. The molecule has 0 spiro atoms. The van der Waals surface area contributed by atoms with E-state index in [1.165, 1.54) is 33.2 Å². The molecule has 0 aliphatic carbocycles. The summed E-state index contributed by atoms with van der Waals surface area (Å²) in [4.78, 5) is -0.922. The SMILES string of the molecule is Cc1ccc(NS(=O)(=O)c2cc(C(F)(F)F)ccc2Cl)cc1S(=O)(=O)N(C)C. The Labute approximate surface area is 166 Å². The molecule has 2 aromatic carbocycles. The molecule has 1 N–H and O–H groups in total. The molecule has 0 unspecified atom stereocenters. The van der Waals surface area contributed by atoms with Crippen LogP contribution in [-0.4, -0.2) is 35.2 Å². The summed E-state index contributed by atoms with van der Waals surface area (Å²) in [5.41, 5.74) is -0.953. The van der Waals surface area contributed by atoms with Crippen LogP contribution in [0.5, 0.6) is 0 Å². The fourth-order valence-electron chi connectivity index (χ4n) is 2.23. The van der Waals surface area contributed by atoms with Crippen molar-refractivity contribution in [3.05, 3.63) is 52.5 Å². The highest BCUT2D eigenvalue weighted by Crippen LogP contribution is 2.34. The summed E-state index contributed by atoms with van der Waals surface area (Å²) in [5.74, 6) is 0. The first-order valence-corrected chi connectivity index (χ1v) is 10.9. The number of anilines is 1. The highest BCUT2D eigenvalue weighted by atomic mass is 35.5. The van der Waals surface area contributed by atoms with E-state index in [2.05, 4.69) is 4.72 Å². The van der Waals surface area contributed by atoms with Crippen molar-refractivity contribution < 1.29 is 30.0 Å². The summed E-state index contributed by atoms with van der Waals surface area (Å²) in [6.45, 7) is 1.53. The Hall–Kier alpha value is -1.82. The molecule has 0 saturated heterocycles. The third-order valence-electron chi connectivity index (χ3n) is 3.75. The van der Waals surface area contributed by atoms with E-state index in [4.69, 9.17) is 11.6 Å². The summed E-state index contributed by atoms with van der Waals surface area (Å²) in [5, 5.41) is -0.409. The van der Waals surface area contributed by atoms with Crippen LogP contribution in [0.25, 0.3) is 0 Å². The van der Waals surface area contributed by atoms with Gasteiger partial charge in [-0.15, -0.1) is 0 Å². The van der Waals surface area contributed by atoms with Crippen LogP contribution >= 0.6 is 11.6 Å². The average Bonchev–Trinajstić information content (AvgIpc) is 2.55. The molecule has 0 saturated carbocycles. The lowest BCUT2D eigenvalue weighted by atomic mass is 10.2. The van der Waals surface area contributed by atoms with Crippen molar-refractivity contribution in [1.29, 1.82) is 0 Å². The predicted molar refractivity (Wildman–Crippen MR) is 99.3 cm³/mol. The van der Waals surface area contributed by atoms with Gasteiger partial charge in [0.2, 0.25) is 10.0 Å². The second-order valence-corrected chi connectivity index (χ2v) is 10.2. The number of nitrogens with zero attached hydrogens (tertiary/aromatic N) is 1. The Morgan fingerprint density at radius 1 is 0.964 bits per heavy atom. The third kappa shape index (κ3) is 4.59. The summed E-state index contributed by atoms with van der Waals surface area (Å²) in [6.07, 6.45) is -4.76. The zero-order valence-electron chi connectivity index (χ0n) is 14.9. The molecule has 2 rings (SSSR count). The Kier molecular flexibility index (Phi) is 6.05. The Bertz CT molecular complexity index is 1120. The standard InChI is InChI=1S/C16H16ClF3N2O4S2/c1-10-4-6-12(9-14(10)28(25,26)22(2)3)21-27(23,24)15-8-11(16(18,19)20)5-7-13(15)17/h4-9,21H,1-3H3. The number of aryl methyl sites for hydroxylation is 1. The van der Waals surface area contributed by atoms with Crippen LogP contribution in [0.4, 0.5) is 18.9 Å². The van der Waals surface area contributed by atoms with E-state index >= 15 is 0 Å². The minimum absolute atomic E-state index is 0.139. The molecule has 0 aromatic heterocycles. The molecule has 154 valence electrons. The van der Waals surface area contributed by atoms with Gasteiger partial charge in [-0.3, -0.25) is 4.72 Å². The van der Waals surface area contributed by atoms with Crippen LogP contribution in [0.2, 0.25) is 5.02 Å². The maximum atomic E-state index is 12.9. The first kappa shape index (κ1) is 22.5. The molecule has 0 aliphatic heterocycles. The van der Waals surface area contributed by atoms with Crippen LogP contribution in [0.15, 0.2) is 46.2 Å². The van der Waals surface area contributed by atoms with E-state index in [0.717, 1.165) is 16.4 Å². The van der Waals surface area contributed by atoms with Gasteiger partial charge in [-0.2, -0.15) is 13.2 Å². The molecule has 0 amide bonds. The van der Waals surface area contributed by atoms with Gasteiger partial charge >= 0.3 is 6.18 Å². The van der Waals surface area contributed by atoms with E-state index in [1.807, 2.05) is 0 Å². The van der Waals surface area contributed by atoms with Crippen LogP contribution in [0.1, 0.15) is 11.1 Å². The quantitative estimate of drug-likeness (QED) is 0.743. The molecular weight excluding hydrogens is 441 g/mol. The Morgan fingerprint density at radius 2 is 1.57 bits per heavy atom. The molecule has 0 aliphatic rings. The third-order valence-corrected chi connectivity index (χ3v) is 7.57. The maximum Gasteiger partial charge on any atom is 0.416 e. The van der Waals surface area contributed by atoms with Gasteiger partial charge in [0.05, 0.1) is 21.2 Å². The van der Waals surface area contributed by atoms with Crippen molar-refractivity contribution in [3.63, 3.8) is 0 Å². The van der Waals surface area contributed by atoms with Crippen LogP contribution in [-0.2, 0) is 26.2 Å². The van der Waals surface area contributed by atoms with Crippen LogP contribution in [0.3, 0.4) is 0 Å². The highest BCUT2D eigenvalue weighted by molar-refractivity contribution is 7.93. The number of benzene rings is 2. The Balaban J connectivity index is 2.52. The lowest BCUT2D eigenvalue weighted by Gasteiger charge is -2.16. The normalized spacial score (nSPS) is 13.0. The molecule has 0 atom stereocenters. The van der Waals surface area contributed by atoms with E-state index in [1.54, 1.807) is 0 Å². The van der Waals surface area contributed by atoms with E-state index in [9.17, 15) is 30.0 Å². The number of rotatable bonds is 5. The molecule has 6 nitrogen and oxygen atoms in total. The van der Waals surface area contributed by atoms with Gasteiger partial charge < -0.3 is 0 Å². The summed E-state index contributed by atoms with van der Waals surface area (Å²) in [6, 6.07) is 5.66. The van der Waals surface area contributed by atoms with Crippen molar-refractivity contribution in [2.75, 3.05) is 18.8 Å². The summed E-state index contributed by atoms with van der Waals surface area (Å²) in [7, 11) is -5.75. The number of alkyl halides is 3. The second-order valence-electron chi connectivity index (χ2n) is 6.02. The number of sulfonamides is 2. The van der Waals surface area contributed by atoms with Crippen LogP contribution in [0, 0.1) is 6.92 Å². The van der Waals surface area contributed by atoms with Crippen LogP contribution < -0.4 is 4.72 Å². The van der Waals surface area contributed by atoms with Gasteiger partial charge in [0.25, 0.3) is 10.0 Å². The number of nitrogens with one attached hydrogen (secondary N) is 1. The fraction of sp³-hybridized carbons (Fsp3) is 0.250. The van der Waals surface area contributed by atoms with Crippen molar-refractivity contribution in [3.8, 4) is 0 Å². The molecule has 0 bridgehead atoms. The number of halogens is 4. The van der Waals surface area contributed by atoms with Crippen molar-refractivity contribution in [2.45, 2.75) is 22.9 Å². The molecule has 2 aromatic rings. The largest absolute Gasteiger partial charge is 0.416 e. The monoisotopic (exact) mass is 456 g/mol. The van der Waals surface area contributed by atoms with Crippen molar-refractivity contribution >= 4 is 37.3 Å². The topological polar surface area (TPSA) is 83.5 Å². The lowest BCUT2D eigenvalue weighted by molar-refractivity contribution is -0.137. The zero-order valence-corrected chi connectivity index (χ0v) is 17.3. The molecule has 12 heteroatoms. The molecule has 0 fully saturated rings. The van der Waals surface area contributed by atoms with Crippen molar-refractivity contribution in [2.24, 2.45) is 0 Å². The maximum absolute atomic E-state index is 12.9. The summed E-state index contributed by atoms with van der Waals surface area (Å²) >= 11 is 5.78. The smallest absolute Gasteiger partial charge is 0.280 e. The lowest BCUT2D eigenvalue weighted by Crippen LogP contribution is -2.23. The predicted octanol–water partition coefficient (Wildman–Crippen LogP) is 3.72. The molecular formula is C16H16ClF3N2O4S2. The van der Waals surface area contributed by atoms with E-state index in [0.29, 0.717) is 17.7 Å². The van der Waals surface area contributed by atoms with Gasteiger partial charge in [-0.25, -0.2) is 21.1 Å². The van der Waals surface area contributed by atoms with Crippen molar-refractivity contribution in [1.82, 2.24) is 4.31 Å². The van der Waals surface area contributed by atoms with E-state index in [-0.39, 0.29) is 10.6 Å². The van der Waals surface area contributed by atoms with Gasteiger partial charge in [-0.1, -0.05) is 17.7 Å². The number of hydrogen-bond acceptors (Lipinski definition) is 4. The minimum atomic E-state index is -4.76. The Morgan fingerprint density at radius 3 is 2.11 bits per heavy atom. The molecule has 28 heavy (non-hydrogen) atoms. The first-order valence-electron chi connectivity index (χ1n) is 7.59. The zero-order chi connectivity index (χ0) is 21.5. The number of hydrogen-bond donors (Lipinski definition) is 1. The van der Waals surface area contributed by atoms with Gasteiger partial charge in [0.1, 0.15) is 4.90 Å². The van der Waals surface area contributed by atoms with Gasteiger partial charge in [-0.05, 0) is 42.8 Å². The van der Waals surface area contributed by atoms with Gasteiger partial charge in [0, 0.05) is 14.1 Å². The minimum Gasteiger partial charge on any atom is -0.280 e. The highest BCUT2D eigenvalue weighted by Gasteiger charge is 2.33. The fourth-order valence-corrected chi connectivity index (χ4v) is 4.95.